The molecule has 0 saturated carbocycles. The zero-order chi connectivity index (χ0) is 22.7. The molecule has 1 aromatic carbocycles. The second kappa shape index (κ2) is 8.57. The predicted molar refractivity (Wildman–Crippen MR) is 109 cm³/mol. The van der Waals surface area contributed by atoms with Crippen molar-refractivity contribution in [3.63, 3.8) is 0 Å². The number of methoxy groups -OCH3 is 2. The smallest absolute Gasteiger partial charge is 0.332 e. The first-order valence-corrected chi connectivity index (χ1v) is 8.88. The maximum absolute atomic E-state index is 13.1. The Bertz CT molecular complexity index is 1120. The van der Waals surface area contributed by atoms with Crippen molar-refractivity contribution in [2.75, 3.05) is 19.1 Å². The number of nitro benzene ring substituents is 1. The van der Waals surface area contributed by atoms with Gasteiger partial charge in [-0.25, -0.2) is 19.7 Å². The van der Waals surface area contributed by atoms with Gasteiger partial charge in [0, 0.05) is 17.5 Å². The summed E-state index contributed by atoms with van der Waals surface area (Å²) < 4.78 is 9.83. The van der Waals surface area contributed by atoms with Gasteiger partial charge in [0.15, 0.2) is 0 Å². The highest BCUT2D eigenvalue weighted by Crippen LogP contribution is 2.34. The molecule has 1 saturated heterocycles. The monoisotopic (exact) mass is 426 g/mol. The number of non-ortho nitro benzene ring substituents is 1. The topological polar surface area (TPSA) is 149 Å². The Morgan fingerprint density at radius 2 is 1.90 bits per heavy atom. The van der Waals surface area contributed by atoms with Crippen LogP contribution in [0.5, 0.6) is 5.75 Å². The Balaban J connectivity index is 2.17. The minimum atomic E-state index is -0.754. The van der Waals surface area contributed by atoms with Crippen molar-refractivity contribution in [3.8, 4) is 5.75 Å². The van der Waals surface area contributed by atoms with Crippen LogP contribution in [-0.4, -0.2) is 46.9 Å². The van der Waals surface area contributed by atoms with Crippen LogP contribution in [0.1, 0.15) is 11.4 Å². The minimum Gasteiger partial charge on any atom is -0.494 e. The van der Waals surface area contributed by atoms with Crippen molar-refractivity contribution in [3.05, 3.63) is 57.5 Å². The van der Waals surface area contributed by atoms with E-state index in [-0.39, 0.29) is 34.7 Å². The number of nitrogens with one attached hydrogen (secondary N) is 1. The zero-order valence-electron chi connectivity index (χ0n) is 17.1. The third-order valence-electron chi connectivity index (χ3n) is 4.15. The number of nitrogens with zero attached hydrogens (tertiary/aromatic N) is 5. The van der Waals surface area contributed by atoms with Gasteiger partial charge in [-0.3, -0.25) is 14.9 Å². The summed E-state index contributed by atoms with van der Waals surface area (Å²) in [5.74, 6) is -1.29. The number of ether oxygens (including phenoxy) is 2. The highest BCUT2D eigenvalue weighted by atomic mass is 16.6. The van der Waals surface area contributed by atoms with Gasteiger partial charge in [0.05, 0.1) is 37.0 Å². The third kappa shape index (κ3) is 4.47. The van der Waals surface area contributed by atoms with Crippen molar-refractivity contribution in [2.45, 2.75) is 13.8 Å². The van der Waals surface area contributed by atoms with Gasteiger partial charge in [-0.05, 0) is 26.0 Å². The Labute approximate surface area is 176 Å². The highest BCUT2D eigenvalue weighted by molar-refractivity contribution is 6.30. The lowest BCUT2D eigenvalue weighted by Gasteiger charge is -2.18. The molecule has 1 amide bonds. The van der Waals surface area contributed by atoms with Crippen LogP contribution in [0.2, 0.25) is 0 Å². The average molecular weight is 426 g/mol. The molecule has 0 radical (unpaired) electrons. The summed E-state index contributed by atoms with van der Waals surface area (Å²) in [5, 5.41) is 13.8. The molecule has 0 aliphatic carbocycles. The van der Waals surface area contributed by atoms with E-state index in [1.807, 2.05) is 0 Å². The van der Waals surface area contributed by atoms with E-state index in [9.17, 15) is 19.7 Å². The number of benzene rings is 1. The molecule has 12 nitrogen and oxygen atoms in total. The van der Waals surface area contributed by atoms with Gasteiger partial charge in [0.25, 0.3) is 17.5 Å². The quantitative estimate of drug-likeness (QED) is 0.326. The van der Waals surface area contributed by atoms with Crippen LogP contribution in [0, 0.1) is 24.0 Å². The summed E-state index contributed by atoms with van der Waals surface area (Å²) in [5.41, 5.74) is 1.17. The van der Waals surface area contributed by atoms with E-state index in [1.165, 1.54) is 32.4 Å². The van der Waals surface area contributed by atoms with E-state index in [0.29, 0.717) is 11.4 Å². The molecule has 0 atom stereocenters. The van der Waals surface area contributed by atoms with E-state index in [2.05, 4.69) is 25.0 Å². The SMILES string of the molecule is COC(=O)C=C1NC(=Nc2nc(C)cc(C)n2)N(c2ccc([N+](=O)[O-])cc2OC)C1=O. The van der Waals surface area contributed by atoms with Gasteiger partial charge >= 0.3 is 5.97 Å². The second-order valence-electron chi connectivity index (χ2n) is 6.35. The maximum Gasteiger partial charge on any atom is 0.332 e. The number of carbonyl (C=O) groups excluding carboxylic acids is 2. The first-order chi connectivity index (χ1) is 14.7. The lowest BCUT2D eigenvalue weighted by molar-refractivity contribution is -0.384. The third-order valence-corrected chi connectivity index (χ3v) is 4.15. The number of carbonyl (C=O) groups is 2. The number of hydrogen-bond donors (Lipinski definition) is 1. The number of guanidine groups is 1. The molecular weight excluding hydrogens is 408 g/mol. The van der Waals surface area contributed by atoms with Crippen molar-refractivity contribution in [1.29, 1.82) is 0 Å². The molecule has 1 N–H and O–H groups in total. The molecule has 31 heavy (non-hydrogen) atoms. The summed E-state index contributed by atoms with van der Waals surface area (Å²) in [7, 11) is 2.49. The number of aliphatic imine (C=N–C) groups is 1. The summed E-state index contributed by atoms with van der Waals surface area (Å²) in [4.78, 5) is 49.1. The van der Waals surface area contributed by atoms with Crippen molar-refractivity contribution in [1.82, 2.24) is 15.3 Å². The van der Waals surface area contributed by atoms with E-state index in [4.69, 9.17) is 4.74 Å². The molecule has 1 aromatic heterocycles. The molecule has 2 aromatic rings. The molecule has 0 bridgehead atoms. The molecule has 3 rings (SSSR count). The molecule has 12 heteroatoms. The van der Waals surface area contributed by atoms with Crippen LogP contribution >= 0.6 is 0 Å². The molecule has 1 fully saturated rings. The van der Waals surface area contributed by atoms with Gasteiger partial charge in [0.1, 0.15) is 11.4 Å². The van der Waals surface area contributed by atoms with Gasteiger partial charge in [-0.2, -0.15) is 4.99 Å². The molecule has 2 heterocycles. The van der Waals surface area contributed by atoms with E-state index >= 15 is 0 Å². The van der Waals surface area contributed by atoms with Gasteiger partial charge in [-0.1, -0.05) is 0 Å². The molecule has 0 unspecified atom stereocenters. The van der Waals surface area contributed by atoms with E-state index < -0.39 is 16.8 Å². The second-order valence-corrected chi connectivity index (χ2v) is 6.35. The van der Waals surface area contributed by atoms with E-state index in [1.54, 1.807) is 19.9 Å². The maximum atomic E-state index is 13.1. The van der Waals surface area contributed by atoms with Crippen molar-refractivity contribution < 1.29 is 24.0 Å². The summed E-state index contributed by atoms with van der Waals surface area (Å²) >= 11 is 0. The Morgan fingerprint density at radius 3 is 2.48 bits per heavy atom. The van der Waals surface area contributed by atoms with Gasteiger partial charge < -0.3 is 14.8 Å². The molecular formula is C19H18N6O6. The molecule has 1 aliphatic rings. The van der Waals surface area contributed by atoms with Crippen LogP contribution < -0.4 is 15.0 Å². The highest BCUT2D eigenvalue weighted by Gasteiger charge is 2.36. The minimum absolute atomic E-state index is 0.0164. The molecule has 0 spiro atoms. The average Bonchev–Trinajstić information content (AvgIpc) is 3.00. The number of rotatable bonds is 5. The predicted octanol–water partition coefficient (Wildman–Crippen LogP) is 1.69. The normalized spacial score (nSPS) is 15.9. The van der Waals surface area contributed by atoms with Crippen LogP contribution in [0.4, 0.5) is 17.3 Å². The summed E-state index contributed by atoms with van der Waals surface area (Å²) in [6.07, 6.45) is 0.970. The number of amides is 1. The number of esters is 1. The van der Waals surface area contributed by atoms with Crippen LogP contribution in [-0.2, 0) is 14.3 Å². The van der Waals surface area contributed by atoms with Crippen molar-refractivity contribution in [2.24, 2.45) is 4.99 Å². The summed E-state index contributed by atoms with van der Waals surface area (Å²) in [6, 6.07) is 5.50. The number of aromatic nitrogens is 2. The lowest BCUT2D eigenvalue weighted by Crippen LogP contribution is -2.32. The van der Waals surface area contributed by atoms with E-state index in [0.717, 1.165) is 11.0 Å². The first-order valence-electron chi connectivity index (χ1n) is 8.88. The van der Waals surface area contributed by atoms with Crippen molar-refractivity contribution >= 4 is 35.2 Å². The zero-order valence-corrected chi connectivity index (χ0v) is 17.1. The van der Waals surface area contributed by atoms with Crippen LogP contribution in [0.3, 0.4) is 0 Å². The van der Waals surface area contributed by atoms with Gasteiger partial charge in [-0.15, -0.1) is 0 Å². The first kappa shape index (κ1) is 21.4. The number of aryl methyl sites for hydroxylation is 2. The van der Waals surface area contributed by atoms with Gasteiger partial charge in [0.2, 0.25) is 5.96 Å². The number of hydrogen-bond acceptors (Lipinski definition) is 9. The fourth-order valence-corrected chi connectivity index (χ4v) is 2.84. The van der Waals surface area contributed by atoms with Crippen LogP contribution in [0.15, 0.2) is 41.0 Å². The Kier molecular flexibility index (Phi) is 5.90. The largest absolute Gasteiger partial charge is 0.494 e. The molecule has 160 valence electrons. The Morgan fingerprint density at radius 1 is 1.23 bits per heavy atom. The fraction of sp³-hybridized carbons (Fsp3) is 0.211. The lowest BCUT2D eigenvalue weighted by atomic mass is 10.2. The number of nitro groups is 1. The Hall–Kier alpha value is -4.35. The standard InChI is InChI=1S/C19H18N6O6/c1-10-7-11(2)21-18(20-10)23-19-22-13(9-16(26)31-4)17(27)24(19)14-6-5-12(25(28)29)8-15(14)30-3/h5-9H,1-4H3,(H,20,21,22,23). The molecule has 1 aliphatic heterocycles. The number of anilines is 1. The van der Waals surface area contributed by atoms with Crippen LogP contribution in [0.25, 0.3) is 0 Å². The fourth-order valence-electron chi connectivity index (χ4n) is 2.84. The summed E-state index contributed by atoms with van der Waals surface area (Å²) in [6.45, 7) is 3.54.